The van der Waals surface area contributed by atoms with Gasteiger partial charge in [0.05, 0.1) is 9.79 Å². The Kier molecular flexibility index (Phi) is 3.91. The smallest absolute Gasteiger partial charge is 0.206 e. The number of rotatable bonds is 3. The molecule has 0 atom stereocenters. The zero-order chi connectivity index (χ0) is 15.6. The summed E-state index contributed by atoms with van der Waals surface area (Å²) < 4.78 is 25.3. The molecule has 2 aromatic carbocycles. The van der Waals surface area contributed by atoms with Crippen LogP contribution in [0.3, 0.4) is 0 Å². The number of anilines is 1. The lowest BCUT2D eigenvalue weighted by molar-refractivity contribution is 0.595. The monoisotopic (exact) mass is 311 g/mol. The van der Waals surface area contributed by atoms with E-state index in [-0.39, 0.29) is 0 Å². The van der Waals surface area contributed by atoms with Crippen molar-refractivity contribution in [3.05, 3.63) is 54.1 Å². The highest BCUT2D eigenvalue weighted by atomic mass is 32.2. The number of nitrogens with one attached hydrogen (secondary N) is 1. The molecule has 1 saturated carbocycles. The van der Waals surface area contributed by atoms with Crippen LogP contribution in [0.4, 0.5) is 5.69 Å². The van der Waals surface area contributed by atoms with Crippen molar-refractivity contribution < 1.29 is 8.42 Å². The molecule has 0 heterocycles. The molecule has 0 unspecified atom stereocenters. The van der Waals surface area contributed by atoms with Gasteiger partial charge >= 0.3 is 0 Å². The second-order valence-corrected chi connectivity index (χ2v) is 7.38. The van der Waals surface area contributed by atoms with E-state index in [4.69, 9.17) is 0 Å². The molecule has 0 aliphatic heterocycles. The predicted octanol–water partition coefficient (Wildman–Crippen LogP) is 3.61. The van der Waals surface area contributed by atoms with E-state index in [1.807, 2.05) is 6.07 Å². The Balaban J connectivity index is 1.83. The van der Waals surface area contributed by atoms with Gasteiger partial charge in [0.15, 0.2) is 0 Å². The average Bonchev–Trinajstić information content (AvgIpc) is 3.32. The van der Waals surface area contributed by atoms with Crippen LogP contribution in [-0.2, 0) is 9.84 Å². The number of aryl methyl sites for hydroxylation is 1. The summed E-state index contributed by atoms with van der Waals surface area (Å²) in [6.45, 7) is 1.80. The third-order valence-electron chi connectivity index (χ3n) is 3.61. The first-order valence-electron chi connectivity index (χ1n) is 7.25. The largest absolute Gasteiger partial charge is 0.315 e. The zero-order valence-corrected chi connectivity index (χ0v) is 13.2. The Hall–Kier alpha value is -2.25. The number of benzene rings is 2. The fraction of sp³-hybridized carbons (Fsp3) is 0.222. The van der Waals surface area contributed by atoms with Crippen LogP contribution in [-0.4, -0.2) is 8.42 Å². The van der Waals surface area contributed by atoms with Crippen molar-refractivity contribution in [2.24, 2.45) is 5.92 Å². The summed E-state index contributed by atoms with van der Waals surface area (Å²) in [5.74, 6) is 3.64. The molecule has 4 heteroatoms. The molecule has 0 spiro atoms. The summed E-state index contributed by atoms with van der Waals surface area (Å²) in [5, 5.41) is 2.99. The van der Waals surface area contributed by atoms with Crippen LogP contribution < -0.4 is 5.32 Å². The van der Waals surface area contributed by atoms with Crippen LogP contribution in [0.25, 0.3) is 0 Å². The Morgan fingerprint density at radius 3 is 2.36 bits per heavy atom. The Labute approximate surface area is 131 Å². The predicted molar refractivity (Wildman–Crippen MR) is 87.2 cm³/mol. The maximum atomic E-state index is 12.6. The number of sulfone groups is 1. The van der Waals surface area contributed by atoms with Crippen molar-refractivity contribution in [2.45, 2.75) is 29.6 Å². The molecule has 112 valence electrons. The molecule has 22 heavy (non-hydrogen) atoms. The van der Waals surface area contributed by atoms with E-state index in [0.717, 1.165) is 11.3 Å². The summed E-state index contributed by atoms with van der Waals surface area (Å²) in [6.07, 6.45) is 2.37. The molecule has 0 aromatic heterocycles. The summed E-state index contributed by atoms with van der Waals surface area (Å²) in [5.41, 5.74) is 1.55. The molecule has 1 aliphatic carbocycles. The minimum absolute atomic E-state index is 0.294. The molecule has 1 fully saturated rings. The van der Waals surface area contributed by atoms with Crippen LogP contribution in [0.5, 0.6) is 0 Å². The third kappa shape index (κ3) is 3.15. The summed E-state index contributed by atoms with van der Waals surface area (Å²) in [7, 11) is -3.47. The van der Waals surface area contributed by atoms with Crippen LogP contribution in [0.15, 0.2) is 58.3 Å². The van der Waals surface area contributed by atoms with Crippen molar-refractivity contribution in [3.8, 4) is 12.0 Å². The second-order valence-electron chi connectivity index (χ2n) is 5.46. The van der Waals surface area contributed by atoms with Gasteiger partial charge in [0.1, 0.15) is 0 Å². The van der Waals surface area contributed by atoms with Crippen molar-refractivity contribution in [1.82, 2.24) is 0 Å². The molecular weight excluding hydrogens is 294 g/mol. The lowest BCUT2D eigenvalue weighted by atomic mass is 10.2. The molecule has 3 rings (SSSR count). The lowest BCUT2D eigenvalue weighted by Gasteiger charge is -2.08. The van der Waals surface area contributed by atoms with Gasteiger partial charge < -0.3 is 5.32 Å². The molecule has 1 N–H and O–H groups in total. The first-order chi connectivity index (χ1) is 10.6. The van der Waals surface area contributed by atoms with Crippen molar-refractivity contribution in [2.75, 3.05) is 5.32 Å². The molecular formula is C18H17NO2S. The SMILES string of the molecule is Cc1ccccc1S(=O)(=O)c1ccc(NC#CC2CC2)cc1. The van der Waals surface area contributed by atoms with Gasteiger partial charge in [0.2, 0.25) is 9.84 Å². The van der Waals surface area contributed by atoms with Crippen molar-refractivity contribution in [3.63, 3.8) is 0 Å². The molecule has 0 amide bonds. The maximum absolute atomic E-state index is 12.6. The number of hydrogen-bond acceptors (Lipinski definition) is 3. The lowest BCUT2D eigenvalue weighted by Crippen LogP contribution is -2.04. The molecule has 3 nitrogen and oxygen atoms in total. The topological polar surface area (TPSA) is 46.2 Å². The van der Waals surface area contributed by atoms with E-state index in [9.17, 15) is 8.42 Å². The molecule has 0 saturated heterocycles. The average molecular weight is 311 g/mol. The molecule has 0 radical (unpaired) electrons. The summed E-state index contributed by atoms with van der Waals surface area (Å²) in [4.78, 5) is 0.645. The minimum atomic E-state index is -3.47. The third-order valence-corrected chi connectivity index (χ3v) is 5.54. The van der Waals surface area contributed by atoms with Gasteiger partial charge in [-0.1, -0.05) is 24.1 Å². The molecule has 2 aromatic rings. The van der Waals surface area contributed by atoms with Crippen LogP contribution in [0.2, 0.25) is 0 Å². The zero-order valence-electron chi connectivity index (χ0n) is 12.3. The number of hydrogen-bond donors (Lipinski definition) is 1. The van der Waals surface area contributed by atoms with Crippen molar-refractivity contribution >= 4 is 15.5 Å². The maximum Gasteiger partial charge on any atom is 0.206 e. The highest BCUT2D eigenvalue weighted by Gasteiger charge is 2.19. The highest BCUT2D eigenvalue weighted by Crippen LogP contribution is 2.27. The Bertz CT molecular complexity index is 839. The van der Waals surface area contributed by atoms with E-state index in [0.29, 0.717) is 15.7 Å². The summed E-state index contributed by atoms with van der Waals surface area (Å²) >= 11 is 0. The van der Waals surface area contributed by atoms with Crippen LogP contribution >= 0.6 is 0 Å². The van der Waals surface area contributed by atoms with Crippen LogP contribution in [0.1, 0.15) is 18.4 Å². The fourth-order valence-electron chi connectivity index (χ4n) is 2.14. The molecule has 0 bridgehead atoms. The highest BCUT2D eigenvalue weighted by molar-refractivity contribution is 7.91. The van der Waals surface area contributed by atoms with E-state index >= 15 is 0 Å². The first kappa shape index (κ1) is 14.7. The fourth-order valence-corrected chi connectivity index (χ4v) is 3.64. The normalized spacial score (nSPS) is 14.0. The molecule has 1 aliphatic rings. The van der Waals surface area contributed by atoms with Gasteiger partial charge in [-0.3, -0.25) is 0 Å². The van der Waals surface area contributed by atoms with Crippen molar-refractivity contribution in [1.29, 1.82) is 0 Å². The van der Waals surface area contributed by atoms with Gasteiger partial charge in [0.25, 0.3) is 0 Å². The van der Waals surface area contributed by atoms with E-state index in [1.165, 1.54) is 12.8 Å². The van der Waals surface area contributed by atoms with E-state index in [1.54, 1.807) is 49.4 Å². The van der Waals surface area contributed by atoms with Gasteiger partial charge in [-0.25, -0.2) is 8.42 Å². The first-order valence-corrected chi connectivity index (χ1v) is 8.73. The van der Waals surface area contributed by atoms with E-state index in [2.05, 4.69) is 17.3 Å². The quantitative estimate of drug-likeness (QED) is 0.696. The Morgan fingerprint density at radius 1 is 1.05 bits per heavy atom. The van der Waals surface area contributed by atoms with Gasteiger partial charge in [0, 0.05) is 17.6 Å². The summed E-state index contributed by atoms with van der Waals surface area (Å²) in [6, 6.07) is 16.6. The standard InChI is InChI=1S/C18H17NO2S/c1-14-4-2-3-5-18(14)22(20,21)17-10-8-16(9-11-17)19-13-12-15-6-7-15/h2-5,8-11,15,19H,6-7H2,1H3. The van der Waals surface area contributed by atoms with E-state index < -0.39 is 9.84 Å². The second kappa shape index (κ2) is 5.86. The van der Waals surface area contributed by atoms with Gasteiger partial charge in [-0.05, 0) is 55.7 Å². The Morgan fingerprint density at radius 2 is 1.73 bits per heavy atom. The minimum Gasteiger partial charge on any atom is -0.315 e. The van der Waals surface area contributed by atoms with Crippen LogP contribution in [0, 0.1) is 24.8 Å². The van der Waals surface area contributed by atoms with Gasteiger partial charge in [-0.2, -0.15) is 0 Å². The van der Waals surface area contributed by atoms with Gasteiger partial charge in [-0.15, -0.1) is 0 Å².